The van der Waals surface area contributed by atoms with E-state index in [1.165, 1.54) is 44.6 Å². The van der Waals surface area contributed by atoms with Gasteiger partial charge in [0.1, 0.15) is 5.56 Å². The van der Waals surface area contributed by atoms with E-state index in [0.29, 0.717) is 27.4 Å². The second-order valence-corrected chi connectivity index (χ2v) is 6.54. The maximum absolute atomic E-state index is 11.4. The van der Waals surface area contributed by atoms with Gasteiger partial charge in [0.15, 0.2) is 0 Å². The summed E-state index contributed by atoms with van der Waals surface area (Å²) in [5, 5.41) is 21.9. The molecule has 0 radical (unpaired) electrons. The van der Waals surface area contributed by atoms with E-state index in [2.05, 4.69) is 41.3 Å². The number of carbonyl (C=O) groups is 2. The van der Waals surface area contributed by atoms with Gasteiger partial charge >= 0.3 is 11.9 Å². The Morgan fingerprint density at radius 2 is 1.50 bits per heavy atom. The van der Waals surface area contributed by atoms with Crippen molar-refractivity contribution in [1.29, 1.82) is 0 Å². The summed E-state index contributed by atoms with van der Waals surface area (Å²) < 4.78 is 9.05. The lowest BCUT2D eigenvalue weighted by atomic mass is 10.1. The molecule has 160 valence electrons. The van der Waals surface area contributed by atoms with Gasteiger partial charge in [0.2, 0.25) is 0 Å². The zero-order chi connectivity index (χ0) is 22.8. The van der Waals surface area contributed by atoms with Crippen LogP contribution in [0.5, 0.6) is 0 Å². The Labute approximate surface area is 187 Å². The second-order valence-electron chi connectivity index (χ2n) is 5.42. The fraction of sp³-hybridized carbons (Fsp3) is 0.222. The average molecular weight is 548 g/mol. The highest BCUT2D eigenvalue weighted by Crippen LogP contribution is 2.24. The Morgan fingerprint density at radius 3 is 1.97 bits per heavy atom. The SMILES string of the molecule is COC(=O)c1c(CBr)cccc1[N+](=O)[O-].COC(=O)c1ccc([N+](=O)[O-])cc1CBr. The minimum atomic E-state index is -0.697. The molecule has 0 aromatic heterocycles. The summed E-state index contributed by atoms with van der Waals surface area (Å²) in [7, 11) is 2.46. The van der Waals surface area contributed by atoms with Crippen molar-refractivity contribution in [1.82, 2.24) is 0 Å². The number of alkyl halides is 2. The first-order valence-corrected chi connectivity index (χ1v) is 10.3. The molecular weight excluding hydrogens is 532 g/mol. The number of rotatable bonds is 6. The van der Waals surface area contributed by atoms with Crippen LogP contribution in [-0.2, 0) is 20.1 Å². The zero-order valence-corrected chi connectivity index (χ0v) is 19.0. The Morgan fingerprint density at radius 1 is 0.900 bits per heavy atom. The molecule has 0 N–H and O–H groups in total. The summed E-state index contributed by atoms with van der Waals surface area (Å²) in [5.74, 6) is -1.20. The zero-order valence-electron chi connectivity index (χ0n) is 15.8. The Kier molecular flexibility index (Phi) is 10.1. The van der Waals surface area contributed by atoms with Gasteiger partial charge in [-0.25, -0.2) is 9.59 Å². The molecule has 0 saturated carbocycles. The summed E-state index contributed by atoms with van der Waals surface area (Å²) in [6.07, 6.45) is 0. The third kappa shape index (κ3) is 6.32. The van der Waals surface area contributed by atoms with Gasteiger partial charge in [-0.1, -0.05) is 44.0 Å². The fourth-order valence-corrected chi connectivity index (χ4v) is 3.23. The predicted molar refractivity (Wildman–Crippen MR) is 114 cm³/mol. The number of halogens is 2. The molecule has 30 heavy (non-hydrogen) atoms. The number of nitrogens with zero attached hydrogens (tertiary/aromatic N) is 2. The minimum Gasteiger partial charge on any atom is -0.465 e. The summed E-state index contributed by atoms with van der Waals surface area (Å²) in [5.41, 5.74) is 1.13. The number of esters is 2. The first-order chi connectivity index (χ1) is 14.2. The first-order valence-electron chi connectivity index (χ1n) is 8.03. The van der Waals surface area contributed by atoms with Crippen LogP contribution in [0.2, 0.25) is 0 Å². The van der Waals surface area contributed by atoms with Gasteiger partial charge in [0.25, 0.3) is 11.4 Å². The van der Waals surface area contributed by atoms with Gasteiger partial charge < -0.3 is 9.47 Å². The highest BCUT2D eigenvalue weighted by atomic mass is 79.9. The smallest absolute Gasteiger partial charge is 0.345 e. The topological polar surface area (TPSA) is 139 Å². The van der Waals surface area contributed by atoms with E-state index in [0.717, 1.165) is 0 Å². The van der Waals surface area contributed by atoms with Crippen molar-refractivity contribution in [2.45, 2.75) is 10.7 Å². The number of hydrogen-bond donors (Lipinski definition) is 0. The molecular formula is C18H16Br2N2O8. The number of ether oxygens (including phenoxy) is 2. The second kappa shape index (κ2) is 12.0. The van der Waals surface area contributed by atoms with Gasteiger partial charge in [-0.3, -0.25) is 20.2 Å². The first kappa shape index (κ1) is 25.2. The van der Waals surface area contributed by atoms with E-state index in [-0.39, 0.29) is 16.9 Å². The highest BCUT2D eigenvalue weighted by molar-refractivity contribution is 9.08. The molecule has 2 aromatic carbocycles. The molecule has 0 spiro atoms. The van der Waals surface area contributed by atoms with Crippen LogP contribution in [0.4, 0.5) is 11.4 Å². The van der Waals surface area contributed by atoms with Crippen molar-refractivity contribution < 1.29 is 28.9 Å². The summed E-state index contributed by atoms with van der Waals surface area (Å²) in [6, 6.07) is 8.45. The van der Waals surface area contributed by atoms with E-state index in [9.17, 15) is 29.8 Å². The minimum absolute atomic E-state index is 0.00174. The van der Waals surface area contributed by atoms with E-state index >= 15 is 0 Å². The molecule has 0 atom stereocenters. The van der Waals surface area contributed by atoms with Crippen LogP contribution >= 0.6 is 31.9 Å². The monoisotopic (exact) mass is 546 g/mol. The van der Waals surface area contributed by atoms with Crippen molar-refractivity contribution in [3.05, 3.63) is 78.9 Å². The van der Waals surface area contributed by atoms with Crippen LogP contribution in [-0.4, -0.2) is 36.0 Å². The van der Waals surface area contributed by atoms with Crippen molar-refractivity contribution in [3.63, 3.8) is 0 Å². The number of benzene rings is 2. The summed E-state index contributed by atoms with van der Waals surface area (Å²) in [6.45, 7) is 0. The van der Waals surface area contributed by atoms with Crippen LogP contribution in [0.15, 0.2) is 36.4 Å². The van der Waals surface area contributed by atoms with Crippen molar-refractivity contribution in [2.24, 2.45) is 0 Å². The Bertz CT molecular complexity index is 963. The number of nitro benzene ring substituents is 2. The molecule has 0 saturated heterocycles. The Hall–Kier alpha value is -2.86. The van der Waals surface area contributed by atoms with Gasteiger partial charge in [0, 0.05) is 28.9 Å². The Balaban J connectivity index is 0.000000300. The van der Waals surface area contributed by atoms with Crippen LogP contribution in [0, 0.1) is 20.2 Å². The predicted octanol–water partition coefficient (Wildman–Crippen LogP) is 4.55. The maximum Gasteiger partial charge on any atom is 0.345 e. The number of nitro groups is 2. The van der Waals surface area contributed by atoms with Crippen molar-refractivity contribution in [2.75, 3.05) is 14.2 Å². The van der Waals surface area contributed by atoms with Crippen LogP contribution in [0.25, 0.3) is 0 Å². The summed E-state index contributed by atoms with van der Waals surface area (Å²) in [4.78, 5) is 42.7. The largest absolute Gasteiger partial charge is 0.465 e. The molecule has 0 amide bonds. The fourth-order valence-electron chi connectivity index (χ4n) is 2.30. The van der Waals surface area contributed by atoms with Crippen LogP contribution in [0.1, 0.15) is 31.8 Å². The molecule has 0 aliphatic carbocycles. The van der Waals surface area contributed by atoms with Crippen molar-refractivity contribution in [3.8, 4) is 0 Å². The molecule has 0 aliphatic rings. The van der Waals surface area contributed by atoms with E-state index in [1.54, 1.807) is 6.07 Å². The molecule has 12 heteroatoms. The van der Waals surface area contributed by atoms with E-state index < -0.39 is 21.8 Å². The van der Waals surface area contributed by atoms with Crippen LogP contribution < -0.4 is 0 Å². The van der Waals surface area contributed by atoms with Gasteiger partial charge in [-0.05, 0) is 17.2 Å². The summed E-state index contributed by atoms with van der Waals surface area (Å²) >= 11 is 6.32. The lowest BCUT2D eigenvalue weighted by molar-refractivity contribution is -0.385. The molecule has 0 fully saturated rings. The van der Waals surface area contributed by atoms with Gasteiger partial charge in [0.05, 0.1) is 29.6 Å². The molecule has 2 aromatic rings. The van der Waals surface area contributed by atoms with Gasteiger partial charge in [-0.15, -0.1) is 0 Å². The normalized spacial score (nSPS) is 9.73. The number of carbonyl (C=O) groups excluding carboxylic acids is 2. The third-order valence-corrected chi connectivity index (χ3v) is 4.92. The number of non-ortho nitro benzene ring substituents is 1. The molecule has 0 heterocycles. The lowest BCUT2D eigenvalue weighted by Gasteiger charge is -2.05. The van der Waals surface area contributed by atoms with E-state index in [1.807, 2.05) is 0 Å². The lowest BCUT2D eigenvalue weighted by Crippen LogP contribution is -2.08. The quantitative estimate of drug-likeness (QED) is 0.222. The average Bonchev–Trinajstić information content (AvgIpc) is 2.77. The highest BCUT2D eigenvalue weighted by Gasteiger charge is 2.23. The molecule has 2 rings (SSSR count). The van der Waals surface area contributed by atoms with Crippen molar-refractivity contribution >= 4 is 55.2 Å². The number of hydrogen-bond acceptors (Lipinski definition) is 8. The molecule has 10 nitrogen and oxygen atoms in total. The van der Waals surface area contributed by atoms with Crippen LogP contribution in [0.3, 0.4) is 0 Å². The molecule has 0 bridgehead atoms. The molecule has 0 unspecified atom stereocenters. The molecule has 0 aliphatic heterocycles. The third-order valence-electron chi connectivity index (χ3n) is 3.71. The van der Waals surface area contributed by atoms with Gasteiger partial charge in [-0.2, -0.15) is 0 Å². The number of methoxy groups -OCH3 is 2. The van der Waals surface area contributed by atoms with E-state index in [4.69, 9.17) is 0 Å². The maximum atomic E-state index is 11.4. The standard InChI is InChI=1S/2C9H8BrNO4/c1-15-9(12)8-3-2-7(11(13)14)4-6(8)5-10;1-15-9(12)8-6(5-10)3-2-4-7(8)11(13)14/h2*2-4H,5H2,1H3.